The summed E-state index contributed by atoms with van der Waals surface area (Å²) in [7, 11) is 0. The highest BCUT2D eigenvalue weighted by Gasteiger charge is 2.54. The number of rotatable bonds is 11. The minimum Gasteiger partial charge on any atom is -0.0654 e. The predicted molar refractivity (Wildman–Crippen MR) is 140 cm³/mol. The van der Waals surface area contributed by atoms with Crippen molar-refractivity contribution < 1.29 is 0 Å². The van der Waals surface area contributed by atoms with Crippen LogP contribution in [0, 0.1) is 76.4 Å². The zero-order valence-electron chi connectivity index (χ0n) is 23.7. The van der Waals surface area contributed by atoms with Gasteiger partial charge in [-0.05, 0) is 109 Å². The molecule has 2 rings (SSSR count). The number of fused-ring (bicyclic) bond motifs is 1. The van der Waals surface area contributed by atoms with Crippen LogP contribution in [0.15, 0.2) is 0 Å². The van der Waals surface area contributed by atoms with Crippen LogP contribution in [-0.4, -0.2) is 0 Å². The average molecular weight is 433 g/mol. The van der Waals surface area contributed by atoms with Crippen LogP contribution in [0.4, 0.5) is 0 Å². The molecule has 0 radical (unpaired) electrons. The Morgan fingerprint density at radius 1 is 0.806 bits per heavy atom. The Bertz CT molecular complexity index is 532. The minimum atomic E-state index is 0.501. The summed E-state index contributed by atoms with van der Waals surface area (Å²) in [5, 5.41) is 0. The Labute approximate surface area is 198 Å². The molecule has 0 N–H and O–H groups in total. The van der Waals surface area contributed by atoms with Gasteiger partial charge in [-0.1, -0.05) is 89.5 Å². The van der Waals surface area contributed by atoms with Crippen LogP contribution in [0.2, 0.25) is 0 Å². The maximum atomic E-state index is 2.64. The van der Waals surface area contributed by atoms with E-state index in [4.69, 9.17) is 0 Å². The summed E-state index contributed by atoms with van der Waals surface area (Å²) in [6.45, 7) is 30.3. The van der Waals surface area contributed by atoms with Gasteiger partial charge in [0.1, 0.15) is 0 Å². The Balaban J connectivity index is 2.19. The Morgan fingerprint density at radius 2 is 1.39 bits per heavy atom. The zero-order valence-corrected chi connectivity index (χ0v) is 23.7. The summed E-state index contributed by atoms with van der Waals surface area (Å²) in [5.41, 5.74) is 0.501. The van der Waals surface area contributed by atoms with Crippen LogP contribution in [0.1, 0.15) is 122 Å². The van der Waals surface area contributed by atoms with Crippen molar-refractivity contribution in [3.63, 3.8) is 0 Å². The topological polar surface area (TPSA) is 0 Å². The lowest BCUT2D eigenvalue weighted by Gasteiger charge is -2.42. The third-order valence-electron chi connectivity index (χ3n) is 11.5. The largest absolute Gasteiger partial charge is 0.0654 e. The molecule has 0 bridgehead atoms. The van der Waals surface area contributed by atoms with Crippen LogP contribution < -0.4 is 0 Å². The Hall–Kier alpha value is 0. The van der Waals surface area contributed by atoms with E-state index in [0.717, 1.165) is 71.0 Å². The Kier molecular flexibility index (Phi) is 9.62. The van der Waals surface area contributed by atoms with Gasteiger partial charge in [0.25, 0.3) is 0 Å². The Morgan fingerprint density at radius 3 is 1.90 bits per heavy atom. The van der Waals surface area contributed by atoms with Gasteiger partial charge in [-0.25, -0.2) is 0 Å². The molecule has 0 aromatic rings. The molecule has 184 valence electrons. The van der Waals surface area contributed by atoms with Gasteiger partial charge in [-0.15, -0.1) is 0 Å². The van der Waals surface area contributed by atoms with Gasteiger partial charge >= 0.3 is 0 Å². The van der Waals surface area contributed by atoms with Gasteiger partial charge in [-0.2, -0.15) is 0 Å². The minimum absolute atomic E-state index is 0.501. The summed E-state index contributed by atoms with van der Waals surface area (Å²) in [4.78, 5) is 0. The van der Waals surface area contributed by atoms with Crippen molar-refractivity contribution in [3.05, 3.63) is 0 Å². The molecule has 0 aliphatic heterocycles. The lowest BCUT2D eigenvalue weighted by molar-refractivity contribution is 0.0793. The van der Waals surface area contributed by atoms with Gasteiger partial charge in [0.15, 0.2) is 0 Å². The van der Waals surface area contributed by atoms with E-state index in [1.807, 2.05) is 0 Å². The van der Waals surface area contributed by atoms with Crippen molar-refractivity contribution in [2.24, 2.45) is 76.4 Å². The standard InChI is InChI=1S/C31H60/c1-13-14-31(12,20(4)5)25(10)17-27-18-28(30-24(9)16-23(8)29(27)30)26(11)22(7)15-21(6)19(2)3/h19-30H,13-18H2,1-12H3. The molecule has 0 heterocycles. The average Bonchev–Trinajstić information content (AvgIpc) is 3.19. The molecule has 0 aromatic heterocycles. The molecule has 11 unspecified atom stereocenters. The molecule has 2 saturated carbocycles. The van der Waals surface area contributed by atoms with Crippen LogP contribution >= 0.6 is 0 Å². The zero-order chi connectivity index (χ0) is 23.7. The highest BCUT2D eigenvalue weighted by Crippen LogP contribution is 2.61. The number of hydrogen-bond acceptors (Lipinski definition) is 0. The van der Waals surface area contributed by atoms with Crippen LogP contribution in [0.5, 0.6) is 0 Å². The molecular weight excluding hydrogens is 372 g/mol. The van der Waals surface area contributed by atoms with Gasteiger partial charge < -0.3 is 0 Å². The first kappa shape index (κ1) is 27.2. The summed E-state index contributed by atoms with van der Waals surface area (Å²) in [6.07, 6.45) is 8.62. The van der Waals surface area contributed by atoms with E-state index < -0.39 is 0 Å². The van der Waals surface area contributed by atoms with Crippen LogP contribution in [-0.2, 0) is 0 Å². The first-order valence-corrected chi connectivity index (χ1v) is 14.3. The molecule has 0 spiro atoms. The fourth-order valence-corrected chi connectivity index (χ4v) is 8.49. The second-order valence-electron chi connectivity index (χ2n) is 13.8. The van der Waals surface area contributed by atoms with Gasteiger partial charge in [0, 0.05) is 0 Å². The second kappa shape index (κ2) is 11.0. The van der Waals surface area contributed by atoms with Gasteiger partial charge in [0.05, 0.1) is 0 Å². The maximum absolute atomic E-state index is 2.64. The molecule has 0 aromatic carbocycles. The van der Waals surface area contributed by atoms with Gasteiger partial charge in [-0.3, -0.25) is 0 Å². The molecule has 0 amide bonds. The third-order valence-corrected chi connectivity index (χ3v) is 11.5. The fraction of sp³-hybridized carbons (Fsp3) is 1.00. The summed E-state index contributed by atoms with van der Waals surface area (Å²) >= 11 is 0. The van der Waals surface area contributed by atoms with Crippen molar-refractivity contribution >= 4 is 0 Å². The predicted octanol–water partition coefficient (Wildman–Crippen LogP) is 9.97. The van der Waals surface area contributed by atoms with Crippen molar-refractivity contribution in [2.45, 2.75) is 122 Å². The normalized spacial score (nSPS) is 37.0. The molecule has 2 aliphatic rings. The fourth-order valence-electron chi connectivity index (χ4n) is 8.49. The summed E-state index contributed by atoms with van der Waals surface area (Å²) < 4.78 is 0. The lowest BCUT2D eigenvalue weighted by Crippen LogP contribution is -2.33. The first-order valence-electron chi connectivity index (χ1n) is 14.3. The van der Waals surface area contributed by atoms with E-state index in [1.165, 1.54) is 38.5 Å². The smallest absolute Gasteiger partial charge is 0.0277 e. The van der Waals surface area contributed by atoms with Crippen molar-refractivity contribution in [2.75, 3.05) is 0 Å². The van der Waals surface area contributed by atoms with Crippen LogP contribution in [0.3, 0.4) is 0 Å². The van der Waals surface area contributed by atoms with E-state index in [2.05, 4.69) is 83.1 Å². The molecular formula is C31H60. The highest BCUT2D eigenvalue weighted by molar-refractivity contribution is 5.02. The van der Waals surface area contributed by atoms with Gasteiger partial charge in [0.2, 0.25) is 0 Å². The quantitative estimate of drug-likeness (QED) is 0.304. The van der Waals surface area contributed by atoms with E-state index in [-0.39, 0.29) is 0 Å². The van der Waals surface area contributed by atoms with E-state index >= 15 is 0 Å². The van der Waals surface area contributed by atoms with E-state index in [9.17, 15) is 0 Å². The molecule has 0 nitrogen and oxygen atoms in total. The second-order valence-corrected chi connectivity index (χ2v) is 13.8. The monoisotopic (exact) mass is 432 g/mol. The summed E-state index contributed by atoms with van der Waals surface area (Å²) in [6, 6.07) is 0. The summed E-state index contributed by atoms with van der Waals surface area (Å²) in [5.74, 6) is 10.9. The van der Waals surface area contributed by atoms with E-state index in [1.54, 1.807) is 0 Å². The number of hydrogen-bond donors (Lipinski definition) is 0. The van der Waals surface area contributed by atoms with E-state index in [0.29, 0.717) is 5.41 Å². The third kappa shape index (κ3) is 5.74. The maximum Gasteiger partial charge on any atom is -0.0277 e. The molecule has 0 heteroatoms. The lowest BCUT2D eigenvalue weighted by atomic mass is 9.64. The van der Waals surface area contributed by atoms with Crippen molar-refractivity contribution in [1.29, 1.82) is 0 Å². The molecule has 31 heavy (non-hydrogen) atoms. The molecule has 2 aliphatic carbocycles. The van der Waals surface area contributed by atoms with Crippen molar-refractivity contribution in [3.8, 4) is 0 Å². The molecule has 11 atom stereocenters. The molecule has 2 fully saturated rings. The highest BCUT2D eigenvalue weighted by atomic mass is 14.6. The first-order chi connectivity index (χ1) is 14.3. The van der Waals surface area contributed by atoms with Crippen molar-refractivity contribution in [1.82, 2.24) is 0 Å². The van der Waals surface area contributed by atoms with Crippen LogP contribution in [0.25, 0.3) is 0 Å². The molecule has 0 saturated heterocycles. The SMILES string of the molecule is CCCC(C)(C(C)C)C(C)CC1CC(C(C)C(C)CC(C)C(C)C)C2C(C)CC(C)C12.